The van der Waals surface area contributed by atoms with Gasteiger partial charge in [0.15, 0.2) is 0 Å². The number of benzene rings is 1. The number of halogens is 1. The number of aliphatic hydroxyl groups is 1. The molecule has 5 rings (SSSR count). The Balaban J connectivity index is 0.000000557. The molecular weight excluding hydrogens is 531 g/mol. The molecule has 0 amide bonds. The quantitative estimate of drug-likeness (QED) is 0.330. The minimum Gasteiger partial charge on any atom is -0.473 e. The van der Waals surface area contributed by atoms with Crippen LogP contribution in [0.1, 0.15) is 43.0 Å². The van der Waals surface area contributed by atoms with E-state index in [0.717, 1.165) is 31.2 Å². The molecule has 216 valence electrons. The highest BCUT2D eigenvalue weighted by Crippen LogP contribution is 2.37. The first-order valence-corrected chi connectivity index (χ1v) is 12.7. The van der Waals surface area contributed by atoms with Crippen molar-refractivity contribution in [2.45, 2.75) is 77.0 Å². The summed E-state index contributed by atoms with van der Waals surface area (Å²) in [6.45, 7) is 4.28. The Labute approximate surface area is 227 Å². The van der Waals surface area contributed by atoms with Gasteiger partial charge in [0.2, 0.25) is 5.89 Å². The van der Waals surface area contributed by atoms with E-state index in [4.69, 9.17) is 29.1 Å². The van der Waals surface area contributed by atoms with Gasteiger partial charge in [0.25, 0.3) is 5.95 Å². The van der Waals surface area contributed by atoms with Gasteiger partial charge >= 0.3 is 17.6 Å². The summed E-state index contributed by atoms with van der Waals surface area (Å²) in [6, 6.07) is 7.15. The standard InChI is InChI=1S/C23H29FN6O4.C2H2O4/c1-14-26-29(23(32)30(14)22-25-15(2)34-27-22)12-20(31)11-28-18-6-7-19(28)10-21(9-18)33-13-16-4-3-5-17(24)8-16;3-1(4)2(5)6/h3-5,8,18-21,31H,6-7,9-13H2,1-2H3;(H,3,4)(H,5,6). The summed E-state index contributed by atoms with van der Waals surface area (Å²) in [4.78, 5) is 37.4. The van der Waals surface area contributed by atoms with Crippen molar-refractivity contribution in [3.8, 4) is 5.95 Å². The third-order valence-corrected chi connectivity index (χ3v) is 6.92. The van der Waals surface area contributed by atoms with E-state index in [-0.39, 0.29) is 24.4 Å². The number of carboxylic acid groups (broad SMARTS) is 2. The Hall–Kier alpha value is -3.95. The average molecular weight is 563 g/mol. The molecule has 1 aromatic carbocycles. The Morgan fingerprint density at radius 2 is 1.82 bits per heavy atom. The van der Waals surface area contributed by atoms with Crippen molar-refractivity contribution in [2.75, 3.05) is 6.54 Å². The van der Waals surface area contributed by atoms with Crippen molar-refractivity contribution >= 4 is 11.9 Å². The number of hydrogen-bond donors (Lipinski definition) is 3. The maximum Gasteiger partial charge on any atom is 0.414 e. The summed E-state index contributed by atoms with van der Waals surface area (Å²) in [7, 11) is 0. The van der Waals surface area contributed by atoms with Crippen LogP contribution in [0.2, 0.25) is 0 Å². The van der Waals surface area contributed by atoms with Crippen LogP contribution in [-0.2, 0) is 27.5 Å². The van der Waals surface area contributed by atoms with Crippen LogP contribution >= 0.6 is 0 Å². The SMILES string of the molecule is Cc1nc(-n2c(C)nn(CC(O)CN3C4CCC3CC(OCc3cccc(F)c3)C4)c2=O)no1.O=C(O)C(=O)O. The average Bonchev–Trinajstić information content (AvgIpc) is 3.50. The van der Waals surface area contributed by atoms with Crippen molar-refractivity contribution in [1.82, 2.24) is 29.4 Å². The summed E-state index contributed by atoms with van der Waals surface area (Å²) in [5.41, 5.74) is 0.422. The number of rotatable bonds is 8. The zero-order chi connectivity index (χ0) is 29.0. The van der Waals surface area contributed by atoms with E-state index in [2.05, 4.69) is 20.1 Å². The van der Waals surface area contributed by atoms with Crippen molar-refractivity contribution in [3.05, 3.63) is 57.8 Å². The molecule has 0 radical (unpaired) electrons. The van der Waals surface area contributed by atoms with Crippen molar-refractivity contribution in [3.63, 3.8) is 0 Å². The summed E-state index contributed by atoms with van der Waals surface area (Å²) < 4.78 is 27.0. The van der Waals surface area contributed by atoms with E-state index >= 15 is 0 Å². The molecular formula is C25H31FN6O8. The van der Waals surface area contributed by atoms with E-state index in [9.17, 15) is 14.3 Å². The Morgan fingerprint density at radius 3 is 2.40 bits per heavy atom. The highest BCUT2D eigenvalue weighted by atomic mass is 19.1. The van der Waals surface area contributed by atoms with E-state index in [1.165, 1.54) is 21.4 Å². The Kier molecular flexibility index (Phi) is 9.07. The first kappa shape index (κ1) is 29.0. The number of nitrogens with zero attached hydrogens (tertiary/aromatic N) is 6. The van der Waals surface area contributed by atoms with Gasteiger partial charge in [-0.1, -0.05) is 12.1 Å². The summed E-state index contributed by atoms with van der Waals surface area (Å²) in [5, 5.41) is 33.6. The predicted molar refractivity (Wildman–Crippen MR) is 134 cm³/mol. The lowest BCUT2D eigenvalue weighted by Crippen LogP contribution is -2.49. The van der Waals surface area contributed by atoms with Gasteiger partial charge < -0.3 is 24.6 Å². The number of aliphatic carboxylic acids is 2. The number of ether oxygens (including phenoxy) is 1. The zero-order valence-electron chi connectivity index (χ0n) is 22.0. The zero-order valence-corrected chi connectivity index (χ0v) is 22.0. The molecule has 2 aliphatic rings. The Bertz CT molecular complexity index is 1380. The molecule has 14 nitrogen and oxygen atoms in total. The number of carbonyl (C=O) groups is 2. The third kappa shape index (κ3) is 6.97. The number of carboxylic acids is 2. The van der Waals surface area contributed by atoms with Gasteiger partial charge in [-0.05, 0) is 55.5 Å². The number of hydrogen-bond acceptors (Lipinski definition) is 10. The molecule has 4 heterocycles. The van der Waals surface area contributed by atoms with Gasteiger partial charge in [-0.15, -0.1) is 0 Å². The first-order valence-electron chi connectivity index (χ1n) is 12.7. The van der Waals surface area contributed by atoms with Crippen LogP contribution in [0.15, 0.2) is 33.6 Å². The second-order valence-corrected chi connectivity index (χ2v) is 9.84. The van der Waals surface area contributed by atoms with Gasteiger partial charge in [-0.2, -0.15) is 10.1 Å². The molecule has 15 heteroatoms. The molecule has 0 spiro atoms. The Morgan fingerprint density at radius 1 is 1.15 bits per heavy atom. The largest absolute Gasteiger partial charge is 0.473 e. The molecule has 2 bridgehead atoms. The van der Waals surface area contributed by atoms with E-state index < -0.39 is 23.7 Å². The molecule has 40 heavy (non-hydrogen) atoms. The molecule has 2 aliphatic heterocycles. The fourth-order valence-electron chi connectivity index (χ4n) is 5.24. The minimum atomic E-state index is -1.82. The number of fused-ring (bicyclic) bond motifs is 2. The maximum atomic E-state index is 13.4. The van der Waals surface area contributed by atoms with Gasteiger partial charge in [-0.3, -0.25) is 4.90 Å². The first-order chi connectivity index (χ1) is 19.0. The van der Waals surface area contributed by atoms with Gasteiger partial charge in [0, 0.05) is 25.6 Å². The van der Waals surface area contributed by atoms with Crippen LogP contribution in [0.5, 0.6) is 0 Å². The number of aryl methyl sites for hydroxylation is 2. The second kappa shape index (κ2) is 12.5. The molecule has 0 aliphatic carbocycles. The maximum absolute atomic E-state index is 13.4. The highest BCUT2D eigenvalue weighted by Gasteiger charge is 2.41. The molecule has 2 saturated heterocycles. The van der Waals surface area contributed by atoms with Crippen LogP contribution < -0.4 is 5.69 Å². The van der Waals surface area contributed by atoms with E-state index in [1.54, 1.807) is 19.9 Å². The normalized spacial score (nSPS) is 21.1. The molecule has 2 fully saturated rings. The van der Waals surface area contributed by atoms with Gasteiger partial charge in [-0.25, -0.2) is 28.0 Å². The van der Waals surface area contributed by atoms with E-state index in [0.29, 0.717) is 37.0 Å². The summed E-state index contributed by atoms with van der Waals surface area (Å²) in [6.07, 6.45) is 3.24. The van der Waals surface area contributed by atoms with Gasteiger partial charge in [0.1, 0.15) is 11.6 Å². The lowest BCUT2D eigenvalue weighted by molar-refractivity contribution is -0.159. The molecule has 3 atom stereocenters. The summed E-state index contributed by atoms with van der Waals surface area (Å²) >= 11 is 0. The fourth-order valence-corrected chi connectivity index (χ4v) is 5.24. The monoisotopic (exact) mass is 562 g/mol. The van der Waals surface area contributed by atoms with Crippen LogP contribution in [-0.4, -0.2) is 87.5 Å². The van der Waals surface area contributed by atoms with Gasteiger partial charge in [0.05, 0.1) is 25.4 Å². The molecule has 3 unspecified atom stereocenters. The van der Waals surface area contributed by atoms with Crippen LogP contribution in [0.4, 0.5) is 4.39 Å². The molecule has 3 N–H and O–H groups in total. The highest BCUT2D eigenvalue weighted by molar-refractivity contribution is 6.27. The van der Waals surface area contributed by atoms with E-state index in [1.807, 2.05) is 6.07 Å². The fraction of sp³-hybridized carbons (Fsp3) is 0.520. The van der Waals surface area contributed by atoms with Crippen molar-refractivity contribution in [2.24, 2.45) is 0 Å². The number of aliphatic hydroxyl groups excluding tert-OH is 1. The lowest BCUT2D eigenvalue weighted by atomic mass is 9.99. The van der Waals surface area contributed by atoms with Crippen molar-refractivity contribution < 1.29 is 38.6 Å². The van der Waals surface area contributed by atoms with Crippen molar-refractivity contribution in [1.29, 1.82) is 0 Å². The molecule has 3 aromatic rings. The third-order valence-electron chi connectivity index (χ3n) is 6.92. The van der Waals surface area contributed by atoms with Crippen LogP contribution in [0.3, 0.4) is 0 Å². The number of piperidine rings is 1. The molecule has 2 aromatic heterocycles. The van der Waals surface area contributed by atoms with Crippen LogP contribution in [0, 0.1) is 19.7 Å². The topological polar surface area (TPSA) is 186 Å². The smallest absolute Gasteiger partial charge is 0.414 e. The van der Waals surface area contributed by atoms with Crippen LogP contribution in [0.25, 0.3) is 5.95 Å². The number of aromatic nitrogens is 5. The lowest BCUT2D eigenvalue weighted by Gasteiger charge is -2.39. The predicted octanol–water partition coefficient (Wildman–Crippen LogP) is 0.902. The molecule has 0 saturated carbocycles. The second-order valence-electron chi connectivity index (χ2n) is 9.84. The summed E-state index contributed by atoms with van der Waals surface area (Å²) in [5.74, 6) is -2.98. The minimum absolute atomic E-state index is 0.0823.